The van der Waals surface area contributed by atoms with Gasteiger partial charge in [-0.1, -0.05) is 41.7 Å². The molecule has 3 aromatic rings. The third kappa shape index (κ3) is 3.21. The Morgan fingerprint density at radius 3 is 2.43 bits per heavy atom. The average Bonchev–Trinajstić information content (AvgIpc) is 3.58. The van der Waals surface area contributed by atoms with Gasteiger partial charge in [-0.2, -0.15) is 13.2 Å². The number of aromatic nitrogens is 1. The fourth-order valence-corrected chi connectivity index (χ4v) is 10.3. The summed E-state index contributed by atoms with van der Waals surface area (Å²) in [5.41, 5.74) is 1.31. The van der Waals surface area contributed by atoms with Crippen LogP contribution in [0.1, 0.15) is 33.9 Å². The molecular weight excluding hydrogens is 521 g/mol. The van der Waals surface area contributed by atoms with Crippen molar-refractivity contribution in [3.63, 3.8) is 0 Å². The number of halogens is 3. The summed E-state index contributed by atoms with van der Waals surface area (Å²) in [5, 5.41) is 0.868. The number of rotatable bonds is 2. The van der Waals surface area contributed by atoms with Crippen molar-refractivity contribution in [2.45, 2.75) is 35.7 Å². The zero-order chi connectivity index (χ0) is 25.8. The molecule has 3 fully saturated rings. The number of amides is 2. The summed E-state index contributed by atoms with van der Waals surface area (Å²) in [5.74, 6) is -2.11. The first-order valence-electron chi connectivity index (χ1n) is 12.2. The molecule has 4 aliphatic rings. The monoisotopic (exact) mass is 542 g/mol. The molecule has 2 aromatic carbocycles. The zero-order valence-corrected chi connectivity index (χ0v) is 21.1. The lowest BCUT2D eigenvalue weighted by Crippen LogP contribution is -2.42. The lowest BCUT2D eigenvalue weighted by molar-refractivity contribution is -0.137. The van der Waals surface area contributed by atoms with Crippen LogP contribution in [0.2, 0.25) is 0 Å². The summed E-state index contributed by atoms with van der Waals surface area (Å²) in [6, 6.07) is 12.5. The number of carbonyl (C=O) groups excluding carboxylic acids is 2. The van der Waals surface area contributed by atoms with Crippen molar-refractivity contribution in [2.24, 2.45) is 29.6 Å². The number of nitrogens with zero attached hydrogens (tertiary/aromatic N) is 1. The lowest BCUT2D eigenvalue weighted by atomic mass is 9.67. The van der Waals surface area contributed by atoms with E-state index >= 15 is 0 Å². The molecule has 2 saturated carbocycles. The number of aromatic amines is 1. The third-order valence-electron chi connectivity index (χ3n) is 8.68. The molecule has 37 heavy (non-hydrogen) atoms. The van der Waals surface area contributed by atoms with Crippen LogP contribution in [0.15, 0.2) is 58.4 Å². The van der Waals surface area contributed by atoms with Crippen molar-refractivity contribution in [1.29, 1.82) is 0 Å². The molecule has 7 atom stereocenters. The molecule has 10 heteroatoms. The Morgan fingerprint density at radius 2 is 1.70 bits per heavy atom. The number of thiazole rings is 1. The maximum atomic E-state index is 13.7. The maximum Gasteiger partial charge on any atom is 0.416 e. The minimum absolute atomic E-state index is 0.0202. The van der Waals surface area contributed by atoms with Crippen LogP contribution in [0.4, 0.5) is 18.9 Å². The van der Waals surface area contributed by atoms with Gasteiger partial charge in [-0.05, 0) is 60.4 Å². The van der Waals surface area contributed by atoms with Gasteiger partial charge in [0, 0.05) is 16.0 Å². The number of alkyl halides is 3. The first kappa shape index (κ1) is 23.3. The number of hydrogen-bond acceptors (Lipinski definition) is 5. The summed E-state index contributed by atoms with van der Waals surface area (Å²) in [4.78, 5) is 44.6. The van der Waals surface area contributed by atoms with E-state index in [0.717, 1.165) is 44.5 Å². The minimum atomic E-state index is -4.57. The molecule has 1 N–H and O–H groups in total. The first-order chi connectivity index (χ1) is 17.6. The van der Waals surface area contributed by atoms with Gasteiger partial charge in [-0.3, -0.25) is 19.3 Å². The van der Waals surface area contributed by atoms with Crippen molar-refractivity contribution < 1.29 is 22.8 Å². The molecule has 0 spiro atoms. The van der Waals surface area contributed by atoms with Crippen LogP contribution >= 0.6 is 23.1 Å². The lowest BCUT2D eigenvalue weighted by Gasteiger charge is -2.43. The van der Waals surface area contributed by atoms with E-state index in [1.54, 1.807) is 11.8 Å². The molecule has 190 valence electrons. The molecule has 0 radical (unpaired) electrons. The number of aryl methyl sites for hydroxylation is 1. The number of nitrogens with one attached hydrogen (secondary N) is 1. The van der Waals surface area contributed by atoms with Crippen molar-refractivity contribution in [2.75, 3.05) is 4.90 Å². The SMILES string of the molecule is Cc1ccccc1[C@H]1c2sc(=O)[nH]c2S[C@@H]2[C@H]3C[C@@H]([C@H]4C(=O)N(c5cccc(C(F)(F)F)c5)C(=O)[C@@H]34)[C@@H]12. The summed E-state index contributed by atoms with van der Waals surface area (Å²) in [6.45, 7) is 2.04. The second-order valence-electron chi connectivity index (χ2n) is 10.4. The smallest absolute Gasteiger partial charge is 0.307 e. The van der Waals surface area contributed by atoms with Gasteiger partial charge in [-0.25, -0.2) is 0 Å². The van der Waals surface area contributed by atoms with E-state index in [-0.39, 0.29) is 39.5 Å². The molecule has 2 aliphatic heterocycles. The Balaban J connectivity index is 1.31. The van der Waals surface area contributed by atoms with Crippen LogP contribution < -0.4 is 9.77 Å². The van der Waals surface area contributed by atoms with Crippen LogP contribution in [-0.2, 0) is 15.8 Å². The predicted molar refractivity (Wildman–Crippen MR) is 134 cm³/mol. The van der Waals surface area contributed by atoms with E-state index in [9.17, 15) is 27.6 Å². The van der Waals surface area contributed by atoms with Gasteiger partial charge < -0.3 is 4.98 Å². The second kappa shape index (κ2) is 7.83. The number of fused-ring (bicyclic) bond motifs is 9. The Bertz CT molecular complexity index is 1530. The molecule has 2 bridgehead atoms. The molecular formula is C27H21F3N2O3S2. The minimum Gasteiger partial charge on any atom is -0.307 e. The quantitative estimate of drug-likeness (QED) is 0.438. The number of benzene rings is 2. The van der Waals surface area contributed by atoms with E-state index in [0.29, 0.717) is 0 Å². The van der Waals surface area contributed by atoms with Gasteiger partial charge in [0.15, 0.2) is 0 Å². The molecule has 7 rings (SSSR count). The standard InChI is InChI=1S/C27H21F3N2O3S2/c1-11-5-2-3-8-14(11)17-18-15-10-16(21(18)36-23-22(17)37-26(35)31-23)20-19(15)24(33)32(25(20)34)13-7-4-6-12(9-13)27(28,29)30/h2-9,15-21H,10H2,1H3,(H,31,35)/t15-,16+,17-,18+,19-,20+,21-/m1/s1. The van der Waals surface area contributed by atoms with Gasteiger partial charge in [0.05, 0.1) is 28.1 Å². The number of anilines is 1. The number of carbonyl (C=O) groups is 2. The topological polar surface area (TPSA) is 70.2 Å². The second-order valence-corrected chi connectivity index (χ2v) is 12.6. The summed E-state index contributed by atoms with van der Waals surface area (Å²) in [7, 11) is 0. The molecule has 2 amide bonds. The largest absolute Gasteiger partial charge is 0.416 e. The number of hydrogen-bond donors (Lipinski definition) is 1. The highest BCUT2D eigenvalue weighted by Crippen LogP contribution is 2.68. The molecule has 1 aromatic heterocycles. The van der Waals surface area contributed by atoms with Gasteiger partial charge in [0.2, 0.25) is 11.8 Å². The van der Waals surface area contributed by atoms with E-state index in [2.05, 4.69) is 11.1 Å². The fraction of sp³-hybridized carbons (Fsp3) is 0.370. The van der Waals surface area contributed by atoms with E-state index in [1.165, 1.54) is 23.5 Å². The Labute approximate surface area is 218 Å². The summed E-state index contributed by atoms with van der Waals surface area (Å²) >= 11 is 2.80. The highest BCUT2D eigenvalue weighted by atomic mass is 32.2. The first-order valence-corrected chi connectivity index (χ1v) is 13.8. The van der Waals surface area contributed by atoms with E-state index in [4.69, 9.17) is 0 Å². The molecule has 0 unspecified atom stereocenters. The van der Waals surface area contributed by atoms with Gasteiger partial charge in [0.25, 0.3) is 0 Å². The highest BCUT2D eigenvalue weighted by Gasteiger charge is 2.69. The Morgan fingerprint density at radius 1 is 0.973 bits per heavy atom. The summed E-state index contributed by atoms with van der Waals surface area (Å²) < 4.78 is 40.1. The third-order valence-corrected chi connectivity index (χ3v) is 11.3. The van der Waals surface area contributed by atoms with Crippen molar-refractivity contribution in [3.8, 4) is 0 Å². The molecule has 3 heterocycles. The number of imide groups is 1. The normalized spacial score (nSPS) is 32.0. The van der Waals surface area contributed by atoms with Crippen LogP contribution in [-0.4, -0.2) is 22.0 Å². The zero-order valence-electron chi connectivity index (χ0n) is 19.5. The number of thioether (sulfide) groups is 1. The summed E-state index contributed by atoms with van der Waals surface area (Å²) in [6.07, 6.45) is -3.84. The van der Waals surface area contributed by atoms with Gasteiger partial charge in [0.1, 0.15) is 0 Å². The average molecular weight is 543 g/mol. The highest BCUT2D eigenvalue weighted by molar-refractivity contribution is 8.00. The fourth-order valence-electron chi connectivity index (χ4n) is 7.38. The van der Waals surface area contributed by atoms with Crippen molar-refractivity contribution >= 4 is 40.6 Å². The van der Waals surface area contributed by atoms with Crippen LogP contribution in [0.25, 0.3) is 0 Å². The Kier molecular flexibility index (Phi) is 4.93. The van der Waals surface area contributed by atoms with Crippen LogP contribution in [0.3, 0.4) is 0 Å². The van der Waals surface area contributed by atoms with E-state index in [1.807, 2.05) is 25.1 Å². The molecule has 2 aliphatic carbocycles. The van der Waals surface area contributed by atoms with Crippen LogP contribution in [0, 0.1) is 36.5 Å². The van der Waals surface area contributed by atoms with Crippen molar-refractivity contribution in [3.05, 3.63) is 79.8 Å². The van der Waals surface area contributed by atoms with E-state index < -0.39 is 35.4 Å². The van der Waals surface area contributed by atoms with Gasteiger partial charge in [-0.15, -0.1) is 11.8 Å². The molecule has 5 nitrogen and oxygen atoms in total. The number of H-pyrrole nitrogens is 1. The van der Waals surface area contributed by atoms with Crippen molar-refractivity contribution in [1.82, 2.24) is 4.98 Å². The predicted octanol–water partition coefficient (Wildman–Crippen LogP) is 5.44. The van der Waals surface area contributed by atoms with Gasteiger partial charge >= 0.3 is 11.0 Å². The maximum absolute atomic E-state index is 13.7. The van der Waals surface area contributed by atoms with Crippen LogP contribution in [0.5, 0.6) is 0 Å². The Hall–Kier alpha value is -2.85. The molecule has 1 saturated heterocycles.